The van der Waals surface area contributed by atoms with Crippen LogP contribution in [0.4, 0.5) is 5.69 Å². The summed E-state index contributed by atoms with van der Waals surface area (Å²) in [4.78, 5) is 8.55. The van der Waals surface area contributed by atoms with E-state index in [9.17, 15) is 8.42 Å². The lowest BCUT2D eigenvalue weighted by Crippen LogP contribution is -2.30. The zero-order valence-corrected chi connectivity index (χ0v) is 15.8. The molecule has 8 nitrogen and oxygen atoms in total. The van der Waals surface area contributed by atoms with Crippen molar-refractivity contribution in [3.8, 4) is 0 Å². The van der Waals surface area contributed by atoms with Crippen LogP contribution in [0.15, 0.2) is 76.0 Å². The van der Waals surface area contributed by atoms with Gasteiger partial charge in [0.05, 0.1) is 11.1 Å². The monoisotopic (exact) mass is 384 g/mol. The van der Waals surface area contributed by atoms with Gasteiger partial charge in [0.15, 0.2) is 5.96 Å². The summed E-state index contributed by atoms with van der Waals surface area (Å²) in [5.41, 5.74) is 1.80. The largest absolute Gasteiger partial charge is 0.352 e. The minimum atomic E-state index is -3.56. The molecule has 27 heavy (non-hydrogen) atoms. The van der Waals surface area contributed by atoms with Crippen molar-refractivity contribution in [1.82, 2.24) is 20.1 Å². The first-order chi connectivity index (χ1) is 13.0. The van der Waals surface area contributed by atoms with Crippen molar-refractivity contribution in [2.24, 2.45) is 12.0 Å². The molecule has 140 valence electrons. The van der Waals surface area contributed by atoms with Gasteiger partial charge in [-0.3, -0.25) is 14.7 Å². The highest BCUT2D eigenvalue weighted by Crippen LogP contribution is 2.20. The van der Waals surface area contributed by atoms with Gasteiger partial charge in [-0.2, -0.15) is 5.10 Å². The van der Waals surface area contributed by atoms with Crippen LogP contribution < -0.4 is 10.6 Å². The van der Waals surface area contributed by atoms with Gasteiger partial charge in [-0.15, -0.1) is 0 Å². The van der Waals surface area contributed by atoms with Crippen molar-refractivity contribution in [2.45, 2.75) is 16.3 Å². The number of pyridine rings is 1. The van der Waals surface area contributed by atoms with Gasteiger partial charge in [-0.05, 0) is 29.8 Å². The van der Waals surface area contributed by atoms with E-state index in [0.29, 0.717) is 12.5 Å². The molecule has 2 aromatic heterocycles. The van der Waals surface area contributed by atoms with E-state index in [2.05, 4.69) is 25.7 Å². The zero-order chi connectivity index (χ0) is 19.3. The van der Waals surface area contributed by atoms with Crippen LogP contribution in [0.25, 0.3) is 0 Å². The first-order valence-electron chi connectivity index (χ1n) is 8.19. The highest BCUT2D eigenvalue weighted by Gasteiger charge is 2.19. The van der Waals surface area contributed by atoms with Gasteiger partial charge < -0.3 is 10.6 Å². The van der Waals surface area contributed by atoms with E-state index in [-0.39, 0.29) is 9.79 Å². The number of hydrogen-bond donors (Lipinski definition) is 2. The maximum absolute atomic E-state index is 12.6. The lowest BCUT2D eigenvalue weighted by atomic mass is 10.2. The molecule has 9 heteroatoms. The van der Waals surface area contributed by atoms with Crippen molar-refractivity contribution >= 4 is 21.5 Å². The quantitative estimate of drug-likeness (QED) is 0.514. The maximum Gasteiger partial charge on any atom is 0.209 e. The van der Waals surface area contributed by atoms with Crippen LogP contribution in [-0.4, -0.2) is 36.2 Å². The zero-order valence-electron chi connectivity index (χ0n) is 15.0. The van der Waals surface area contributed by atoms with Crippen molar-refractivity contribution in [1.29, 1.82) is 0 Å². The number of aliphatic imine (C=N–C) groups is 1. The summed E-state index contributed by atoms with van der Waals surface area (Å²) in [5.74, 6) is 0.605. The molecule has 0 saturated carbocycles. The lowest BCUT2D eigenvalue weighted by molar-refractivity contribution is 0.596. The van der Waals surface area contributed by atoms with Gasteiger partial charge in [-0.25, -0.2) is 8.42 Å². The van der Waals surface area contributed by atoms with E-state index in [1.807, 2.05) is 12.1 Å². The van der Waals surface area contributed by atoms with Gasteiger partial charge in [0, 0.05) is 44.9 Å². The third-order valence-electron chi connectivity index (χ3n) is 3.85. The molecule has 1 aromatic carbocycles. The first kappa shape index (κ1) is 18.6. The van der Waals surface area contributed by atoms with Crippen LogP contribution in [0.2, 0.25) is 0 Å². The average molecular weight is 384 g/mol. The van der Waals surface area contributed by atoms with Crippen LogP contribution in [-0.2, 0) is 23.4 Å². The maximum atomic E-state index is 12.6. The molecule has 0 saturated heterocycles. The van der Waals surface area contributed by atoms with E-state index in [0.717, 1.165) is 11.3 Å². The second-order valence-corrected chi connectivity index (χ2v) is 7.73. The third-order valence-corrected chi connectivity index (χ3v) is 5.58. The highest BCUT2D eigenvalue weighted by atomic mass is 32.2. The second kappa shape index (κ2) is 8.00. The van der Waals surface area contributed by atoms with E-state index in [1.165, 1.54) is 17.1 Å². The number of aromatic nitrogens is 3. The predicted molar refractivity (Wildman–Crippen MR) is 103 cm³/mol. The first-order valence-corrected chi connectivity index (χ1v) is 9.68. The molecule has 0 aliphatic rings. The summed E-state index contributed by atoms with van der Waals surface area (Å²) < 4.78 is 26.6. The molecule has 0 spiro atoms. The lowest BCUT2D eigenvalue weighted by Gasteiger charge is -2.12. The molecular formula is C18H20N6O2S. The SMILES string of the molecule is CN=C(NCc1ccc(S(=O)(=O)c2cnn(C)c2)cc1)Nc1ccncc1. The molecule has 0 aliphatic carbocycles. The molecule has 2 heterocycles. The molecule has 0 atom stereocenters. The fourth-order valence-electron chi connectivity index (χ4n) is 2.40. The number of nitrogens with zero attached hydrogens (tertiary/aromatic N) is 4. The summed E-state index contributed by atoms with van der Waals surface area (Å²) in [6.45, 7) is 0.498. The van der Waals surface area contributed by atoms with Gasteiger partial charge >= 0.3 is 0 Å². The van der Waals surface area contributed by atoms with Crippen LogP contribution >= 0.6 is 0 Å². The van der Waals surface area contributed by atoms with Crippen molar-refractivity contribution in [3.05, 3.63) is 66.7 Å². The Hall–Kier alpha value is -3.20. The second-order valence-electron chi connectivity index (χ2n) is 5.78. The van der Waals surface area contributed by atoms with Crippen LogP contribution in [0.5, 0.6) is 0 Å². The molecule has 0 fully saturated rings. The Morgan fingerprint density at radius 1 is 1.11 bits per heavy atom. The number of rotatable bonds is 5. The minimum absolute atomic E-state index is 0.179. The number of nitrogens with one attached hydrogen (secondary N) is 2. The number of hydrogen-bond acceptors (Lipinski definition) is 5. The Balaban J connectivity index is 1.65. The minimum Gasteiger partial charge on any atom is -0.352 e. The Bertz CT molecular complexity index is 1030. The molecule has 0 bridgehead atoms. The van der Waals surface area contributed by atoms with Gasteiger partial charge in [0.1, 0.15) is 4.90 Å². The van der Waals surface area contributed by atoms with Gasteiger partial charge in [0.25, 0.3) is 0 Å². The topological polar surface area (TPSA) is 101 Å². The van der Waals surface area contributed by atoms with Crippen molar-refractivity contribution in [2.75, 3.05) is 12.4 Å². The Morgan fingerprint density at radius 3 is 2.41 bits per heavy atom. The fraction of sp³-hybridized carbons (Fsp3) is 0.167. The average Bonchev–Trinajstić information content (AvgIpc) is 3.13. The summed E-state index contributed by atoms with van der Waals surface area (Å²) in [7, 11) is -0.195. The summed E-state index contributed by atoms with van der Waals surface area (Å²) in [5, 5.41) is 10.3. The molecule has 3 aromatic rings. The molecule has 0 amide bonds. The normalized spacial score (nSPS) is 12.0. The molecule has 2 N–H and O–H groups in total. The van der Waals surface area contributed by atoms with E-state index in [4.69, 9.17) is 0 Å². The van der Waals surface area contributed by atoms with Crippen LogP contribution in [0, 0.1) is 0 Å². The number of benzene rings is 1. The van der Waals surface area contributed by atoms with Crippen LogP contribution in [0.3, 0.4) is 0 Å². The molecule has 3 rings (SSSR count). The number of anilines is 1. The standard InChI is InChI=1S/C18H20N6O2S/c1-19-18(23-15-7-9-20-10-8-15)21-11-14-3-5-16(6-4-14)27(25,26)17-12-22-24(2)13-17/h3-10,12-13H,11H2,1-2H3,(H2,19,20,21,23). The molecule has 0 radical (unpaired) electrons. The van der Waals surface area contributed by atoms with E-state index >= 15 is 0 Å². The molecular weight excluding hydrogens is 364 g/mol. The third kappa shape index (κ3) is 4.50. The fourth-order valence-corrected chi connectivity index (χ4v) is 3.64. The number of guanidine groups is 1. The highest BCUT2D eigenvalue weighted by molar-refractivity contribution is 7.91. The summed E-state index contributed by atoms with van der Waals surface area (Å²) in [6.07, 6.45) is 6.22. The van der Waals surface area contributed by atoms with E-state index < -0.39 is 9.84 Å². The van der Waals surface area contributed by atoms with Crippen molar-refractivity contribution < 1.29 is 8.42 Å². The Labute approximate surface area is 157 Å². The Kier molecular flexibility index (Phi) is 5.51. The van der Waals surface area contributed by atoms with Gasteiger partial charge in [0.2, 0.25) is 9.84 Å². The molecule has 0 unspecified atom stereocenters. The van der Waals surface area contributed by atoms with Gasteiger partial charge in [-0.1, -0.05) is 12.1 Å². The summed E-state index contributed by atoms with van der Waals surface area (Å²) >= 11 is 0. The predicted octanol–water partition coefficient (Wildman–Crippen LogP) is 1.84. The molecule has 0 aliphatic heterocycles. The van der Waals surface area contributed by atoms with Crippen molar-refractivity contribution in [3.63, 3.8) is 0 Å². The number of aryl methyl sites for hydroxylation is 1. The Morgan fingerprint density at radius 2 is 1.81 bits per heavy atom. The van der Waals surface area contributed by atoms with Crippen LogP contribution in [0.1, 0.15) is 5.56 Å². The summed E-state index contributed by atoms with van der Waals surface area (Å²) in [6, 6.07) is 10.4. The van der Waals surface area contributed by atoms with E-state index in [1.54, 1.807) is 50.8 Å². The number of sulfone groups is 1. The smallest absolute Gasteiger partial charge is 0.209 e.